The molecule has 1 aromatic rings. The van der Waals surface area contributed by atoms with E-state index in [1.807, 2.05) is 17.8 Å². The first-order valence-corrected chi connectivity index (χ1v) is 9.11. The number of ether oxygens (including phenoxy) is 1. The van der Waals surface area contributed by atoms with E-state index in [0.717, 1.165) is 35.9 Å². The van der Waals surface area contributed by atoms with E-state index in [4.69, 9.17) is 16.3 Å². The Morgan fingerprint density at radius 3 is 2.95 bits per heavy atom. The minimum atomic E-state index is 0.336. The number of benzene rings is 1. The van der Waals surface area contributed by atoms with Crippen LogP contribution >= 0.6 is 23.4 Å². The Labute approximate surface area is 130 Å². The summed E-state index contributed by atoms with van der Waals surface area (Å²) in [6.07, 6.45) is 6.46. The molecular formula is C16H22ClNOS. The minimum absolute atomic E-state index is 0.336. The molecule has 0 amide bonds. The average molecular weight is 312 g/mol. The SMILES string of the molecule is Clc1cc(CC2CCCCN2)ccc1OC1CCSC1. The molecule has 3 rings (SSSR count). The van der Waals surface area contributed by atoms with Gasteiger partial charge in [-0.25, -0.2) is 0 Å². The lowest BCUT2D eigenvalue weighted by atomic mass is 9.98. The highest BCUT2D eigenvalue weighted by molar-refractivity contribution is 7.99. The van der Waals surface area contributed by atoms with E-state index in [9.17, 15) is 0 Å². The molecule has 110 valence electrons. The van der Waals surface area contributed by atoms with E-state index in [0.29, 0.717) is 12.1 Å². The molecule has 1 aromatic carbocycles. The van der Waals surface area contributed by atoms with Gasteiger partial charge in [-0.2, -0.15) is 11.8 Å². The molecule has 0 saturated carbocycles. The molecule has 2 atom stereocenters. The van der Waals surface area contributed by atoms with Crippen LogP contribution in [0.25, 0.3) is 0 Å². The minimum Gasteiger partial charge on any atom is -0.488 e. The van der Waals surface area contributed by atoms with E-state index < -0.39 is 0 Å². The van der Waals surface area contributed by atoms with Crippen molar-refractivity contribution in [3.8, 4) is 5.75 Å². The fraction of sp³-hybridized carbons (Fsp3) is 0.625. The standard InChI is InChI=1S/C16H22ClNOS/c17-15-10-12(9-13-3-1-2-7-18-13)4-5-16(15)19-14-6-8-20-11-14/h4-5,10,13-14,18H,1-3,6-9,11H2. The molecule has 0 spiro atoms. The number of nitrogens with one attached hydrogen (secondary N) is 1. The van der Waals surface area contributed by atoms with Gasteiger partial charge in [0.25, 0.3) is 0 Å². The molecule has 2 aliphatic heterocycles. The fourth-order valence-corrected chi connectivity index (χ4v) is 4.28. The largest absolute Gasteiger partial charge is 0.488 e. The van der Waals surface area contributed by atoms with Crippen molar-refractivity contribution in [1.29, 1.82) is 0 Å². The summed E-state index contributed by atoms with van der Waals surface area (Å²) in [4.78, 5) is 0. The third-order valence-electron chi connectivity index (χ3n) is 4.07. The third-order valence-corrected chi connectivity index (χ3v) is 5.50. The maximum absolute atomic E-state index is 6.37. The van der Waals surface area contributed by atoms with Crippen LogP contribution in [0.15, 0.2) is 18.2 Å². The van der Waals surface area contributed by atoms with E-state index in [2.05, 4.69) is 17.4 Å². The van der Waals surface area contributed by atoms with Crippen LogP contribution in [0.5, 0.6) is 5.75 Å². The number of halogens is 1. The summed E-state index contributed by atoms with van der Waals surface area (Å²) in [7, 11) is 0. The highest BCUT2D eigenvalue weighted by atomic mass is 35.5. The topological polar surface area (TPSA) is 21.3 Å². The first kappa shape index (κ1) is 14.6. The van der Waals surface area contributed by atoms with Gasteiger partial charge in [0.2, 0.25) is 0 Å². The first-order chi connectivity index (χ1) is 9.81. The molecule has 4 heteroatoms. The molecule has 2 saturated heterocycles. The van der Waals surface area contributed by atoms with Crippen molar-refractivity contribution in [2.24, 2.45) is 0 Å². The van der Waals surface area contributed by atoms with Crippen LogP contribution in [0.1, 0.15) is 31.2 Å². The summed E-state index contributed by atoms with van der Waals surface area (Å²) in [6, 6.07) is 6.90. The number of rotatable bonds is 4. The molecule has 2 aliphatic rings. The van der Waals surface area contributed by atoms with Crippen molar-refractivity contribution in [2.75, 3.05) is 18.1 Å². The third kappa shape index (κ3) is 3.84. The van der Waals surface area contributed by atoms with Crippen molar-refractivity contribution in [3.05, 3.63) is 28.8 Å². The van der Waals surface area contributed by atoms with Crippen molar-refractivity contribution in [2.45, 2.75) is 44.2 Å². The summed E-state index contributed by atoms with van der Waals surface area (Å²) >= 11 is 8.33. The highest BCUT2D eigenvalue weighted by Gasteiger charge is 2.19. The molecule has 2 unspecified atom stereocenters. The Morgan fingerprint density at radius 2 is 2.25 bits per heavy atom. The van der Waals surface area contributed by atoms with Gasteiger partial charge in [-0.15, -0.1) is 0 Å². The predicted octanol–water partition coefficient (Wildman–Crippen LogP) is 3.91. The molecule has 1 N–H and O–H groups in total. The zero-order valence-corrected chi connectivity index (χ0v) is 13.3. The van der Waals surface area contributed by atoms with Crippen LogP contribution in [0.3, 0.4) is 0 Å². The Balaban J connectivity index is 1.60. The summed E-state index contributed by atoms with van der Waals surface area (Å²) in [5.74, 6) is 3.14. The quantitative estimate of drug-likeness (QED) is 0.911. The van der Waals surface area contributed by atoms with Gasteiger partial charge in [0.05, 0.1) is 5.02 Å². The second-order valence-electron chi connectivity index (χ2n) is 5.72. The molecule has 2 nitrogen and oxygen atoms in total. The van der Waals surface area contributed by atoms with Crippen molar-refractivity contribution in [3.63, 3.8) is 0 Å². The summed E-state index contributed by atoms with van der Waals surface area (Å²) in [6.45, 7) is 1.15. The number of thioether (sulfide) groups is 1. The summed E-state index contributed by atoms with van der Waals surface area (Å²) < 4.78 is 5.98. The van der Waals surface area contributed by atoms with Crippen LogP contribution in [0.4, 0.5) is 0 Å². The number of piperidine rings is 1. The van der Waals surface area contributed by atoms with Crippen molar-refractivity contribution >= 4 is 23.4 Å². The monoisotopic (exact) mass is 311 g/mol. The van der Waals surface area contributed by atoms with Gasteiger partial charge in [0.15, 0.2) is 0 Å². The van der Waals surface area contributed by atoms with Gasteiger partial charge in [-0.1, -0.05) is 24.1 Å². The highest BCUT2D eigenvalue weighted by Crippen LogP contribution is 2.30. The maximum atomic E-state index is 6.37. The van der Waals surface area contributed by atoms with E-state index in [1.54, 1.807) is 0 Å². The Kier molecular flexibility index (Phi) is 5.14. The Bertz CT molecular complexity index is 442. The van der Waals surface area contributed by atoms with Crippen LogP contribution < -0.4 is 10.1 Å². The summed E-state index contributed by atoms with van der Waals surface area (Å²) in [5.41, 5.74) is 1.31. The van der Waals surface area contributed by atoms with Crippen LogP contribution in [0, 0.1) is 0 Å². The normalized spacial score (nSPS) is 26.6. The Morgan fingerprint density at radius 1 is 1.30 bits per heavy atom. The number of hydrogen-bond donors (Lipinski definition) is 1. The lowest BCUT2D eigenvalue weighted by Gasteiger charge is -2.23. The lowest BCUT2D eigenvalue weighted by molar-refractivity contribution is 0.229. The van der Waals surface area contributed by atoms with Crippen molar-refractivity contribution in [1.82, 2.24) is 5.32 Å². The summed E-state index contributed by atoms with van der Waals surface area (Å²) in [5, 5.41) is 4.34. The maximum Gasteiger partial charge on any atom is 0.138 e. The number of hydrogen-bond acceptors (Lipinski definition) is 3. The van der Waals surface area contributed by atoms with Gasteiger partial charge >= 0.3 is 0 Å². The second-order valence-corrected chi connectivity index (χ2v) is 7.28. The second kappa shape index (κ2) is 7.06. The van der Waals surface area contributed by atoms with Gasteiger partial charge in [-0.05, 0) is 55.7 Å². The van der Waals surface area contributed by atoms with E-state index in [1.165, 1.54) is 30.6 Å². The van der Waals surface area contributed by atoms with Crippen LogP contribution in [-0.4, -0.2) is 30.2 Å². The molecule has 0 aromatic heterocycles. The zero-order chi connectivity index (χ0) is 13.8. The zero-order valence-electron chi connectivity index (χ0n) is 11.7. The molecule has 2 fully saturated rings. The molecule has 20 heavy (non-hydrogen) atoms. The van der Waals surface area contributed by atoms with Crippen molar-refractivity contribution < 1.29 is 4.74 Å². The molecule has 0 aliphatic carbocycles. The average Bonchev–Trinajstić information content (AvgIpc) is 2.96. The molecule has 2 heterocycles. The first-order valence-electron chi connectivity index (χ1n) is 7.57. The van der Waals surface area contributed by atoms with Crippen LogP contribution in [-0.2, 0) is 6.42 Å². The molecule has 0 radical (unpaired) electrons. The fourth-order valence-electron chi connectivity index (χ4n) is 2.94. The smallest absolute Gasteiger partial charge is 0.138 e. The van der Waals surface area contributed by atoms with Gasteiger partial charge in [-0.3, -0.25) is 0 Å². The molecule has 0 bridgehead atoms. The molecular weight excluding hydrogens is 290 g/mol. The van der Waals surface area contributed by atoms with Gasteiger partial charge in [0.1, 0.15) is 11.9 Å². The van der Waals surface area contributed by atoms with Crippen LogP contribution in [0.2, 0.25) is 5.02 Å². The predicted molar refractivity (Wildman–Crippen MR) is 87.2 cm³/mol. The van der Waals surface area contributed by atoms with Gasteiger partial charge in [0, 0.05) is 11.8 Å². The lowest BCUT2D eigenvalue weighted by Crippen LogP contribution is -2.35. The van der Waals surface area contributed by atoms with E-state index >= 15 is 0 Å². The van der Waals surface area contributed by atoms with E-state index in [-0.39, 0.29) is 0 Å². The Hall–Kier alpha value is -0.380. The van der Waals surface area contributed by atoms with Gasteiger partial charge < -0.3 is 10.1 Å².